The Morgan fingerprint density at radius 1 is 1.15 bits per heavy atom. The Balaban J connectivity index is 1.98. The minimum atomic E-state index is -0.870. The van der Waals surface area contributed by atoms with Crippen LogP contribution in [0.25, 0.3) is 22.2 Å². The SMILES string of the molecule is O=C(O)CCn1nnnc1-c1ccc2ccccc2c1. The van der Waals surface area contributed by atoms with E-state index in [1.165, 1.54) is 4.68 Å². The summed E-state index contributed by atoms with van der Waals surface area (Å²) < 4.78 is 1.51. The number of hydrogen-bond acceptors (Lipinski definition) is 4. The van der Waals surface area contributed by atoms with Gasteiger partial charge in [-0.15, -0.1) is 5.10 Å². The number of carboxylic acids is 1. The Morgan fingerprint density at radius 3 is 2.75 bits per heavy atom. The van der Waals surface area contributed by atoms with Gasteiger partial charge in [0.15, 0.2) is 5.82 Å². The Labute approximate surface area is 114 Å². The fourth-order valence-corrected chi connectivity index (χ4v) is 2.09. The second kappa shape index (κ2) is 5.08. The zero-order valence-corrected chi connectivity index (χ0v) is 10.6. The van der Waals surface area contributed by atoms with Crippen molar-refractivity contribution in [2.75, 3.05) is 0 Å². The number of carbonyl (C=O) groups is 1. The minimum absolute atomic E-state index is 0.00831. The fourth-order valence-electron chi connectivity index (χ4n) is 2.09. The van der Waals surface area contributed by atoms with Crippen LogP contribution in [0.15, 0.2) is 42.5 Å². The molecule has 1 aromatic heterocycles. The highest BCUT2D eigenvalue weighted by atomic mass is 16.4. The molecule has 1 heterocycles. The topological polar surface area (TPSA) is 80.9 Å². The van der Waals surface area contributed by atoms with Gasteiger partial charge >= 0.3 is 5.97 Å². The third-order valence-electron chi connectivity index (χ3n) is 3.08. The van der Waals surface area contributed by atoms with Crippen LogP contribution in [0.3, 0.4) is 0 Å². The molecule has 0 bridgehead atoms. The maximum absolute atomic E-state index is 10.6. The number of nitrogens with zero attached hydrogens (tertiary/aromatic N) is 4. The highest BCUT2D eigenvalue weighted by molar-refractivity contribution is 5.86. The number of carboxylic acid groups (broad SMARTS) is 1. The molecule has 3 rings (SSSR count). The molecule has 0 saturated heterocycles. The highest BCUT2D eigenvalue weighted by Crippen LogP contribution is 2.22. The monoisotopic (exact) mass is 268 g/mol. The van der Waals surface area contributed by atoms with Gasteiger partial charge in [-0.05, 0) is 27.3 Å². The van der Waals surface area contributed by atoms with Crippen LogP contribution < -0.4 is 0 Å². The van der Waals surface area contributed by atoms with Crippen LogP contribution >= 0.6 is 0 Å². The average molecular weight is 268 g/mol. The van der Waals surface area contributed by atoms with Crippen LogP contribution in [-0.2, 0) is 11.3 Å². The van der Waals surface area contributed by atoms with E-state index in [1.807, 2.05) is 42.5 Å². The molecule has 0 aliphatic rings. The van der Waals surface area contributed by atoms with Gasteiger partial charge in [0.2, 0.25) is 0 Å². The van der Waals surface area contributed by atoms with Gasteiger partial charge in [0.05, 0.1) is 13.0 Å². The third-order valence-corrected chi connectivity index (χ3v) is 3.08. The Kier molecular flexibility index (Phi) is 3.12. The lowest BCUT2D eigenvalue weighted by Crippen LogP contribution is -2.07. The number of tetrazole rings is 1. The van der Waals surface area contributed by atoms with Gasteiger partial charge in [-0.25, -0.2) is 4.68 Å². The van der Waals surface area contributed by atoms with Gasteiger partial charge in [0.25, 0.3) is 0 Å². The summed E-state index contributed by atoms with van der Waals surface area (Å²) in [6.07, 6.45) is -0.00831. The van der Waals surface area contributed by atoms with Gasteiger partial charge in [-0.1, -0.05) is 36.4 Å². The van der Waals surface area contributed by atoms with Crippen molar-refractivity contribution in [2.24, 2.45) is 0 Å². The maximum atomic E-state index is 10.6. The molecule has 6 nitrogen and oxygen atoms in total. The van der Waals surface area contributed by atoms with Crippen molar-refractivity contribution in [1.82, 2.24) is 20.2 Å². The van der Waals surface area contributed by atoms with Crippen LogP contribution in [0.5, 0.6) is 0 Å². The quantitative estimate of drug-likeness (QED) is 0.782. The molecule has 1 N–H and O–H groups in total. The first kappa shape index (κ1) is 12.3. The second-order valence-electron chi connectivity index (χ2n) is 4.43. The summed E-state index contributed by atoms with van der Waals surface area (Å²) in [6.45, 7) is 0.254. The molecular formula is C14H12N4O2. The van der Waals surface area contributed by atoms with E-state index in [0.29, 0.717) is 5.82 Å². The Morgan fingerprint density at radius 2 is 1.95 bits per heavy atom. The first-order chi connectivity index (χ1) is 9.74. The standard InChI is InChI=1S/C14H12N4O2/c19-13(20)7-8-18-14(15-16-17-18)12-6-5-10-3-1-2-4-11(10)9-12/h1-6,9H,7-8H2,(H,19,20). The largest absolute Gasteiger partial charge is 0.481 e. The smallest absolute Gasteiger partial charge is 0.305 e. The van der Waals surface area contributed by atoms with E-state index in [2.05, 4.69) is 15.5 Å². The summed E-state index contributed by atoms with van der Waals surface area (Å²) in [4.78, 5) is 10.6. The summed E-state index contributed by atoms with van der Waals surface area (Å²) in [5.41, 5.74) is 0.874. The summed E-state index contributed by atoms with van der Waals surface area (Å²) >= 11 is 0. The summed E-state index contributed by atoms with van der Waals surface area (Å²) in [5, 5.41) is 22.4. The zero-order valence-electron chi connectivity index (χ0n) is 10.6. The molecular weight excluding hydrogens is 256 g/mol. The van der Waals surface area contributed by atoms with E-state index >= 15 is 0 Å². The van der Waals surface area contributed by atoms with E-state index in [-0.39, 0.29) is 13.0 Å². The lowest BCUT2D eigenvalue weighted by atomic mass is 10.1. The van der Waals surface area contributed by atoms with Crippen LogP contribution in [0.2, 0.25) is 0 Å². The molecule has 100 valence electrons. The van der Waals surface area contributed by atoms with Crippen molar-refractivity contribution in [1.29, 1.82) is 0 Å². The lowest BCUT2D eigenvalue weighted by Gasteiger charge is -2.04. The van der Waals surface area contributed by atoms with E-state index in [0.717, 1.165) is 16.3 Å². The molecule has 0 saturated carbocycles. The maximum Gasteiger partial charge on any atom is 0.305 e. The summed E-state index contributed by atoms with van der Waals surface area (Å²) in [7, 11) is 0. The Bertz CT molecular complexity index is 766. The highest BCUT2D eigenvalue weighted by Gasteiger charge is 2.10. The molecule has 0 radical (unpaired) electrons. The molecule has 20 heavy (non-hydrogen) atoms. The molecule has 0 amide bonds. The molecule has 0 spiro atoms. The number of rotatable bonds is 4. The van der Waals surface area contributed by atoms with Gasteiger partial charge in [-0.2, -0.15) is 0 Å². The molecule has 3 aromatic rings. The van der Waals surface area contributed by atoms with Crippen molar-refractivity contribution >= 4 is 16.7 Å². The van der Waals surface area contributed by atoms with E-state index in [9.17, 15) is 4.79 Å². The zero-order chi connectivity index (χ0) is 13.9. The number of aliphatic carboxylic acids is 1. The average Bonchev–Trinajstić information content (AvgIpc) is 2.93. The van der Waals surface area contributed by atoms with E-state index in [1.54, 1.807) is 0 Å². The number of aryl methyl sites for hydroxylation is 1. The third kappa shape index (κ3) is 2.35. The number of fused-ring (bicyclic) bond motifs is 1. The van der Waals surface area contributed by atoms with Gasteiger partial charge in [-0.3, -0.25) is 4.79 Å². The first-order valence-electron chi connectivity index (χ1n) is 6.21. The van der Waals surface area contributed by atoms with E-state index < -0.39 is 5.97 Å². The molecule has 0 aliphatic carbocycles. The van der Waals surface area contributed by atoms with Crippen molar-refractivity contribution in [3.05, 3.63) is 42.5 Å². The van der Waals surface area contributed by atoms with Crippen LogP contribution in [-0.4, -0.2) is 31.3 Å². The summed E-state index contributed by atoms with van der Waals surface area (Å²) in [5.74, 6) is -0.290. The Hall–Kier alpha value is -2.76. The fraction of sp³-hybridized carbons (Fsp3) is 0.143. The molecule has 0 aliphatic heterocycles. The van der Waals surface area contributed by atoms with Gasteiger partial charge < -0.3 is 5.11 Å². The molecule has 2 aromatic carbocycles. The lowest BCUT2D eigenvalue weighted by molar-refractivity contribution is -0.137. The number of aromatic nitrogens is 4. The van der Waals surface area contributed by atoms with Crippen molar-refractivity contribution < 1.29 is 9.90 Å². The first-order valence-corrected chi connectivity index (χ1v) is 6.21. The molecule has 0 fully saturated rings. The van der Waals surface area contributed by atoms with Crippen molar-refractivity contribution in [3.63, 3.8) is 0 Å². The van der Waals surface area contributed by atoms with Crippen molar-refractivity contribution in [2.45, 2.75) is 13.0 Å². The predicted molar refractivity (Wildman–Crippen MR) is 73.0 cm³/mol. The van der Waals surface area contributed by atoms with Crippen LogP contribution in [0.4, 0.5) is 0 Å². The molecule has 0 atom stereocenters. The van der Waals surface area contributed by atoms with Gasteiger partial charge in [0, 0.05) is 5.56 Å². The molecule has 0 unspecified atom stereocenters. The van der Waals surface area contributed by atoms with E-state index in [4.69, 9.17) is 5.11 Å². The second-order valence-corrected chi connectivity index (χ2v) is 4.43. The predicted octanol–water partition coefficient (Wildman–Crippen LogP) is 1.97. The minimum Gasteiger partial charge on any atom is -0.481 e. The van der Waals surface area contributed by atoms with Crippen molar-refractivity contribution in [3.8, 4) is 11.4 Å². The summed E-state index contributed by atoms with van der Waals surface area (Å²) in [6, 6.07) is 13.9. The number of benzene rings is 2. The number of hydrogen-bond donors (Lipinski definition) is 1. The normalized spacial score (nSPS) is 10.8. The van der Waals surface area contributed by atoms with Crippen LogP contribution in [0, 0.1) is 0 Å². The molecule has 6 heteroatoms. The van der Waals surface area contributed by atoms with Gasteiger partial charge in [0.1, 0.15) is 0 Å². The van der Waals surface area contributed by atoms with Crippen LogP contribution in [0.1, 0.15) is 6.42 Å².